The van der Waals surface area contributed by atoms with Crippen molar-refractivity contribution in [1.29, 1.82) is 0 Å². The SMILES string of the molecule is C(=C\c1ncnc2[nH]cnc12)/c1ccccc1. The van der Waals surface area contributed by atoms with Gasteiger partial charge >= 0.3 is 0 Å². The maximum atomic E-state index is 4.21. The molecule has 2 aromatic heterocycles. The van der Waals surface area contributed by atoms with Crippen LogP contribution in [-0.2, 0) is 0 Å². The van der Waals surface area contributed by atoms with E-state index in [9.17, 15) is 0 Å². The lowest BCUT2D eigenvalue weighted by Crippen LogP contribution is -1.86. The average molecular weight is 222 g/mol. The van der Waals surface area contributed by atoms with Crippen LogP contribution in [0.15, 0.2) is 43.0 Å². The van der Waals surface area contributed by atoms with Gasteiger partial charge in [-0.15, -0.1) is 0 Å². The summed E-state index contributed by atoms with van der Waals surface area (Å²) in [7, 11) is 0. The molecule has 3 aromatic rings. The minimum absolute atomic E-state index is 0.757. The zero-order chi connectivity index (χ0) is 11.5. The predicted molar refractivity (Wildman–Crippen MR) is 67.1 cm³/mol. The summed E-state index contributed by atoms with van der Waals surface area (Å²) in [5.74, 6) is 0. The standard InChI is InChI=1S/C13H10N4/c1-2-4-10(5-3-1)6-7-11-12-13(16-8-14-11)17-9-15-12/h1-9H,(H,14,15,16,17)/b7-6+. The minimum Gasteiger partial charge on any atom is -0.329 e. The van der Waals surface area contributed by atoms with Gasteiger partial charge in [-0.1, -0.05) is 36.4 Å². The highest BCUT2D eigenvalue weighted by molar-refractivity contribution is 5.83. The Morgan fingerprint density at radius 3 is 2.71 bits per heavy atom. The van der Waals surface area contributed by atoms with Crippen molar-refractivity contribution in [3.05, 3.63) is 54.2 Å². The molecule has 0 aliphatic rings. The highest BCUT2D eigenvalue weighted by Gasteiger charge is 2.01. The third kappa shape index (κ3) is 1.92. The first-order valence-corrected chi connectivity index (χ1v) is 5.31. The van der Waals surface area contributed by atoms with Gasteiger partial charge in [0.05, 0.1) is 12.0 Å². The van der Waals surface area contributed by atoms with Gasteiger partial charge in [0.25, 0.3) is 0 Å². The molecule has 0 saturated heterocycles. The summed E-state index contributed by atoms with van der Waals surface area (Å²) in [6.45, 7) is 0. The molecule has 0 fully saturated rings. The molecule has 0 aliphatic carbocycles. The van der Waals surface area contributed by atoms with Gasteiger partial charge in [-0.05, 0) is 11.6 Å². The molecule has 2 heterocycles. The largest absolute Gasteiger partial charge is 0.329 e. The van der Waals surface area contributed by atoms with Gasteiger partial charge in [0, 0.05) is 0 Å². The molecule has 82 valence electrons. The fourth-order valence-corrected chi connectivity index (χ4v) is 1.64. The van der Waals surface area contributed by atoms with Gasteiger partial charge in [-0.25, -0.2) is 15.0 Å². The summed E-state index contributed by atoms with van der Waals surface area (Å²) < 4.78 is 0. The number of hydrogen-bond donors (Lipinski definition) is 1. The number of aromatic nitrogens is 4. The third-order valence-corrected chi connectivity index (χ3v) is 2.48. The van der Waals surface area contributed by atoms with E-state index in [0.29, 0.717) is 0 Å². The average Bonchev–Trinajstić information content (AvgIpc) is 2.86. The van der Waals surface area contributed by atoms with E-state index < -0.39 is 0 Å². The second-order valence-electron chi connectivity index (χ2n) is 3.60. The summed E-state index contributed by atoms with van der Waals surface area (Å²) in [5.41, 5.74) is 3.50. The zero-order valence-corrected chi connectivity index (χ0v) is 9.04. The molecule has 0 amide bonds. The normalized spacial score (nSPS) is 11.3. The maximum absolute atomic E-state index is 4.21. The number of nitrogens with zero attached hydrogens (tertiary/aromatic N) is 3. The Balaban J connectivity index is 2.00. The lowest BCUT2D eigenvalue weighted by atomic mass is 10.2. The van der Waals surface area contributed by atoms with Crippen molar-refractivity contribution < 1.29 is 0 Å². The van der Waals surface area contributed by atoms with Crippen LogP contribution in [0.2, 0.25) is 0 Å². The first-order chi connectivity index (χ1) is 8.43. The Morgan fingerprint density at radius 1 is 0.941 bits per heavy atom. The lowest BCUT2D eigenvalue weighted by Gasteiger charge is -1.94. The highest BCUT2D eigenvalue weighted by atomic mass is 15.0. The smallest absolute Gasteiger partial charge is 0.161 e. The summed E-state index contributed by atoms with van der Waals surface area (Å²) in [5, 5.41) is 0. The van der Waals surface area contributed by atoms with Gasteiger partial charge in [0.1, 0.15) is 11.8 Å². The van der Waals surface area contributed by atoms with Crippen molar-refractivity contribution in [2.24, 2.45) is 0 Å². The first kappa shape index (κ1) is 9.72. The molecule has 17 heavy (non-hydrogen) atoms. The van der Waals surface area contributed by atoms with Crippen molar-refractivity contribution in [3.8, 4) is 0 Å². The molecular weight excluding hydrogens is 212 g/mol. The van der Waals surface area contributed by atoms with Crippen molar-refractivity contribution >= 4 is 23.3 Å². The summed E-state index contributed by atoms with van der Waals surface area (Å²) in [4.78, 5) is 15.5. The Bertz CT molecular complexity index is 655. The van der Waals surface area contributed by atoms with Crippen molar-refractivity contribution in [2.75, 3.05) is 0 Å². The highest BCUT2D eigenvalue weighted by Crippen LogP contribution is 2.12. The quantitative estimate of drug-likeness (QED) is 0.724. The van der Waals surface area contributed by atoms with Crippen LogP contribution in [0.1, 0.15) is 11.3 Å². The van der Waals surface area contributed by atoms with Crippen LogP contribution in [-0.4, -0.2) is 19.9 Å². The van der Waals surface area contributed by atoms with Gasteiger partial charge in [0.2, 0.25) is 0 Å². The number of imidazole rings is 1. The molecule has 0 saturated carbocycles. The van der Waals surface area contributed by atoms with Crippen LogP contribution in [0, 0.1) is 0 Å². The van der Waals surface area contributed by atoms with E-state index in [4.69, 9.17) is 0 Å². The van der Waals surface area contributed by atoms with Crippen LogP contribution < -0.4 is 0 Å². The van der Waals surface area contributed by atoms with E-state index in [0.717, 1.165) is 22.4 Å². The summed E-state index contributed by atoms with van der Waals surface area (Å²) >= 11 is 0. The van der Waals surface area contributed by atoms with E-state index in [2.05, 4.69) is 19.9 Å². The topological polar surface area (TPSA) is 54.5 Å². The molecule has 0 spiro atoms. The molecular formula is C13H10N4. The molecule has 1 aromatic carbocycles. The monoisotopic (exact) mass is 222 g/mol. The minimum atomic E-state index is 0.757. The fourth-order valence-electron chi connectivity index (χ4n) is 1.64. The van der Waals surface area contributed by atoms with E-state index in [-0.39, 0.29) is 0 Å². The Morgan fingerprint density at radius 2 is 1.82 bits per heavy atom. The Hall–Kier alpha value is -2.49. The number of hydrogen-bond acceptors (Lipinski definition) is 3. The number of H-pyrrole nitrogens is 1. The second kappa shape index (κ2) is 4.17. The molecule has 0 atom stereocenters. The number of rotatable bonds is 2. The van der Waals surface area contributed by atoms with Crippen molar-refractivity contribution in [1.82, 2.24) is 19.9 Å². The van der Waals surface area contributed by atoms with Gasteiger partial charge < -0.3 is 4.98 Å². The Labute approximate surface area is 98.1 Å². The van der Waals surface area contributed by atoms with Crippen LogP contribution >= 0.6 is 0 Å². The number of benzene rings is 1. The third-order valence-electron chi connectivity index (χ3n) is 2.48. The van der Waals surface area contributed by atoms with Crippen LogP contribution in [0.5, 0.6) is 0 Å². The van der Waals surface area contributed by atoms with Crippen LogP contribution in [0.4, 0.5) is 0 Å². The number of aromatic amines is 1. The predicted octanol–water partition coefficient (Wildman–Crippen LogP) is 2.52. The maximum Gasteiger partial charge on any atom is 0.161 e. The van der Waals surface area contributed by atoms with Crippen LogP contribution in [0.3, 0.4) is 0 Å². The fraction of sp³-hybridized carbons (Fsp3) is 0. The van der Waals surface area contributed by atoms with E-state index >= 15 is 0 Å². The van der Waals surface area contributed by atoms with Crippen LogP contribution in [0.25, 0.3) is 23.3 Å². The molecule has 0 unspecified atom stereocenters. The van der Waals surface area contributed by atoms with Gasteiger partial charge in [0.15, 0.2) is 5.65 Å². The molecule has 4 heteroatoms. The summed E-state index contributed by atoms with van der Waals surface area (Å²) in [6.07, 6.45) is 7.11. The first-order valence-electron chi connectivity index (χ1n) is 5.31. The molecule has 0 aliphatic heterocycles. The molecule has 3 rings (SSSR count). The number of fused-ring (bicyclic) bond motifs is 1. The van der Waals surface area contributed by atoms with Gasteiger partial charge in [-0.3, -0.25) is 0 Å². The molecule has 0 radical (unpaired) electrons. The summed E-state index contributed by atoms with van der Waals surface area (Å²) in [6, 6.07) is 10.1. The van der Waals surface area contributed by atoms with E-state index in [1.54, 1.807) is 6.33 Å². The van der Waals surface area contributed by atoms with Gasteiger partial charge in [-0.2, -0.15) is 0 Å². The second-order valence-corrected chi connectivity index (χ2v) is 3.60. The zero-order valence-electron chi connectivity index (χ0n) is 9.04. The Kier molecular flexibility index (Phi) is 2.38. The van der Waals surface area contributed by atoms with E-state index in [1.165, 1.54) is 6.33 Å². The van der Waals surface area contributed by atoms with E-state index in [1.807, 2.05) is 42.5 Å². The van der Waals surface area contributed by atoms with Crippen molar-refractivity contribution in [3.63, 3.8) is 0 Å². The lowest BCUT2D eigenvalue weighted by molar-refractivity contribution is 1.19. The molecule has 1 N–H and O–H groups in total. The number of nitrogens with one attached hydrogen (secondary N) is 1. The molecule has 0 bridgehead atoms. The molecule has 4 nitrogen and oxygen atoms in total. The van der Waals surface area contributed by atoms with Crippen molar-refractivity contribution in [2.45, 2.75) is 0 Å².